The van der Waals surface area contributed by atoms with Crippen LogP contribution in [-0.4, -0.2) is 23.9 Å². The van der Waals surface area contributed by atoms with Crippen LogP contribution in [0.3, 0.4) is 0 Å². The fourth-order valence-corrected chi connectivity index (χ4v) is 4.33. The molecule has 172 valence electrons. The molecule has 0 aliphatic heterocycles. The van der Waals surface area contributed by atoms with Gasteiger partial charge in [-0.15, -0.1) is 11.3 Å². The lowest BCUT2D eigenvalue weighted by Crippen LogP contribution is -2.27. The summed E-state index contributed by atoms with van der Waals surface area (Å²) in [5.41, 5.74) is 1.95. The number of esters is 1. The van der Waals surface area contributed by atoms with Gasteiger partial charge in [0.2, 0.25) is 0 Å². The predicted octanol–water partition coefficient (Wildman–Crippen LogP) is 5.99. The Morgan fingerprint density at radius 3 is 2.61 bits per heavy atom. The van der Waals surface area contributed by atoms with Crippen LogP contribution in [-0.2, 0) is 10.5 Å². The van der Waals surface area contributed by atoms with Crippen molar-refractivity contribution in [1.82, 2.24) is 4.72 Å². The quantitative estimate of drug-likeness (QED) is 0.143. The Kier molecular flexibility index (Phi) is 8.16. The SMILES string of the molecule is N=C(NSCc1cccc(C(=O)Nc2cccc(Br)c2)c1)c1cc(OC(=O)C(F)(F)F)cs1. The molecule has 3 N–H and O–H groups in total. The maximum atomic E-state index is 12.5. The third-order valence-electron chi connectivity index (χ3n) is 3.95. The molecular weight excluding hydrogens is 543 g/mol. The maximum absolute atomic E-state index is 12.5. The number of amides is 1. The number of benzene rings is 2. The first-order chi connectivity index (χ1) is 15.6. The zero-order valence-corrected chi connectivity index (χ0v) is 19.8. The van der Waals surface area contributed by atoms with E-state index in [4.69, 9.17) is 5.41 Å². The van der Waals surface area contributed by atoms with E-state index in [2.05, 4.69) is 30.7 Å². The van der Waals surface area contributed by atoms with Gasteiger partial charge in [0.1, 0.15) is 11.6 Å². The molecule has 6 nitrogen and oxygen atoms in total. The minimum absolute atomic E-state index is 0.0529. The number of amidine groups is 1. The van der Waals surface area contributed by atoms with Gasteiger partial charge in [-0.3, -0.25) is 10.2 Å². The van der Waals surface area contributed by atoms with Crippen molar-refractivity contribution in [3.63, 3.8) is 0 Å². The molecule has 0 radical (unpaired) electrons. The first-order valence-electron chi connectivity index (χ1n) is 9.12. The fraction of sp³-hybridized carbons (Fsp3) is 0.0952. The molecule has 33 heavy (non-hydrogen) atoms. The zero-order valence-electron chi connectivity index (χ0n) is 16.5. The molecule has 2 aromatic carbocycles. The van der Waals surface area contributed by atoms with Crippen LogP contribution in [0.25, 0.3) is 0 Å². The number of anilines is 1. The molecule has 3 rings (SSSR count). The highest BCUT2D eigenvalue weighted by molar-refractivity contribution is 9.10. The van der Waals surface area contributed by atoms with Crippen molar-refractivity contribution in [3.05, 3.63) is 80.5 Å². The monoisotopic (exact) mass is 557 g/mol. The van der Waals surface area contributed by atoms with E-state index in [1.54, 1.807) is 30.3 Å². The topological polar surface area (TPSA) is 91.3 Å². The van der Waals surface area contributed by atoms with E-state index in [1.165, 1.54) is 23.4 Å². The highest BCUT2D eigenvalue weighted by Gasteiger charge is 2.41. The van der Waals surface area contributed by atoms with Crippen molar-refractivity contribution in [3.8, 4) is 5.75 Å². The van der Waals surface area contributed by atoms with E-state index in [9.17, 15) is 22.8 Å². The summed E-state index contributed by atoms with van der Waals surface area (Å²) in [5, 5.41) is 12.0. The van der Waals surface area contributed by atoms with Crippen molar-refractivity contribution in [2.45, 2.75) is 11.9 Å². The Hall–Kier alpha value is -2.83. The lowest BCUT2D eigenvalue weighted by Gasteiger charge is -2.08. The molecule has 0 aliphatic carbocycles. The number of alkyl halides is 3. The van der Waals surface area contributed by atoms with Crippen molar-refractivity contribution in [1.29, 1.82) is 5.41 Å². The summed E-state index contributed by atoms with van der Waals surface area (Å²) >= 11 is 5.48. The average Bonchev–Trinajstić information content (AvgIpc) is 3.22. The molecule has 0 saturated heterocycles. The average molecular weight is 558 g/mol. The standard InChI is InChI=1S/C21H15BrF3N3O3S2/c22-14-5-2-6-15(8-14)27-19(29)13-4-1-3-12(7-13)10-33-28-18(26)17-9-16(11-32-17)31-20(30)21(23,24)25/h1-9,11H,10H2,(H2,26,28)(H,27,29). The number of ether oxygens (including phenoxy) is 1. The first kappa shape index (κ1) is 24.8. The van der Waals surface area contributed by atoms with E-state index in [0.717, 1.165) is 21.4 Å². The van der Waals surface area contributed by atoms with Crippen LogP contribution < -0.4 is 14.8 Å². The Morgan fingerprint density at radius 2 is 1.88 bits per heavy atom. The van der Waals surface area contributed by atoms with E-state index in [0.29, 0.717) is 21.9 Å². The van der Waals surface area contributed by atoms with Gasteiger partial charge >= 0.3 is 12.1 Å². The Labute approximate surface area is 203 Å². The number of rotatable bonds is 7. The number of hydrogen-bond acceptors (Lipinski definition) is 6. The van der Waals surface area contributed by atoms with Crippen LogP contribution in [0.1, 0.15) is 20.8 Å². The summed E-state index contributed by atoms with van der Waals surface area (Å²) in [4.78, 5) is 23.7. The molecule has 0 unspecified atom stereocenters. The number of nitrogens with one attached hydrogen (secondary N) is 3. The molecule has 1 heterocycles. The summed E-state index contributed by atoms with van der Waals surface area (Å²) in [6, 6.07) is 15.4. The van der Waals surface area contributed by atoms with Crippen molar-refractivity contribution >= 4 is 62.6 Å². The largest absolute Gasteiger partial charge is 0.491 e. The van der Waals surface area contributed by atoms with Crippen LogP contribution in [0.4, 0.5) is 18.9 Å². The molecule has 12 heteroatoms. The van der Waals surface area contributed by atoms with E-state index in [-0.39, 0.29) is 17.5 Å². The van der Waals surface area contributed by atoms with Crippen molar-refractivity contribution in [2.24, 2.45) is 0 Å². The van der Waals surface area contributed by atoms with Gasteiger partial charge in [-0.05, 0) is 47.8 Å². The Morgan fingerprint density at radius 1 is 1.12 bits per heavy atom. The van der Waals surface area contributed by atoms with Crippen LogP contribution >= 0.6 is 39.2 Å². The molecule has 0 atom stereocenters. The minimum atomic E-state index is -5.09. The first-order valence-corrected chi connectivity index (χ1v) is 11.8. The number of carbonyl (C=O) groups excluding carboxylic acids is 2. The summed E-state index contributed by atoms with van der Waals surface area (Å²) in [6.07, 6.45) is -5.09. The number of carbonyl (C=O) groups is 2. The maximum Gasteiger partial charge on any atom is 0.491 e. The van der Waals surface area contributed by atoms with Gasteiger partial charge in [-0.25, -0.2) is 4.79 Å². The number of halogens is 4. The van der Waals surface area contributed by atoms with Gasteiger partial charge < -0.3 is 14.8 Å². The van der Waals surface area contributed by atoms with Crippen molar-refractivity contribution in [2.75, 3.05) is 5.32 Å². The lowest BCUT2D eigenvalue weighted by molar-refractivity contribution is -0.189. The van der Waals surface area contributed by atoms with E-state index < -0.39 is 12.1 Å². The highest BCUT2D eigenvalue weighted by Crippen LogP contribution is 2.25. The molecule has 0 aliphatic rings. The molecule has 1 aromatic heterocycles. The second kappa shape index (κ2) is 10.9. The van der Waals surface area contributed by atoms with Gasteiger partial charge in [0.15, 0.2) is 0 Å². The number of thiophene rings is 1. The molecule has 0 bridgehead atoms. The molecule has 0 saturated carbocycles. The lowest BCUT2D eigenvalue weighted by atomic mass is 10.1. The van der Waals surface area contributed by atoms with Crippen molar-refractivity contribution < 1.29 is 27.5 Å². The second-order valence-electron chi connectivity index (χ2n) is 6.46. The third-order valence-corrected chi connectivity index (χ3v) is 6.19. The zero-order chi connectivity index (χ0) is 24.0. The molecule has 0 fully saturated rings. The van der Waals surface area contributed by atoms with E-state index in [1.807, 2.05) is 18.2 Å². The van der Waals surface area contributed by atoms with Crippen LogP contribution in [0.2, 0.25) is 0 Å². The van der Waals surface area contributed by atoms with Crippen LogP contribution in [0.15, 0.2) is 64.5 Å². The van der Waals surface area contributed by atoms with Crippen LogP contribution in [0, 0.1) is 5.41 Å². The molecule has 0 spiro atoms. The fourth-order valence-electron chi connectivity index (χ4n) is 2.48. The third kappa shape index (κ3) is 7.34. The normalized spacial score (nSPS) is 11.0. The second-order valence-corrected chi connectivity index (χ2v) is 9.07. The smallest absolute Gasteiger partial charge is 0.419 e. The Balaban J connectivity index is 1.52. The summed E-state index contributed by atoms with van der Waals surface area (Å²) in [5.74, 6) is -2.49. The van der Waals surface area contributed by atoms with Gasteiger partial charge in [-0.1, -0.05) is 34.1 Å². The summed E-state index contributed by atoms with van der Waals surface area (Å²) in [7, 11) is 0. The molecular formula is C21H15BrF3N3O3S2. The highest BCUT2D eigenvalue weighted by atomic mass is 79.9. The predicted molar refractivity (Wildman–Crippen MR) is 126 cm³/mol. The summed E-state index contributed by atoms with van der Waals surface area (Å²) in [6.45, 7) is 0. The molecule has 3 aromatic rings. The van der Waals surface area contributed by atoms with Gasteiger partial charge in [-0.2, -0.15) is 13.2 Å². The van der Waals surface area contributed by atoms with Gasteiger partial charge in [0.25, 0.3) is 5.91 Å². The Bertz CT molecular complexity index is 1180. The van der Waals surface area contributed by atoms with Gasteiger partial charge in [0.05, 0.1) is 4.88 Å². The van der Waals surface area contributed by atoms with Gasteiger partial charge in [0, 0.05) is 32.9 Å². The minimum Gasteiger partial charge on any atom is -0.419 e. The number of hydrogen-bond donors (Lipinski definition) is 3. The van der Waals surface area contributed by atoms with E-state index >= 15 is 0 Å². The summed E-state index contributed by atoms with van der Waals surface area (Å²) < 4.78 is 44.7. The molecule has 1 amide bonds. The van der Waals surface area contributed by atoms with Crippen LogP contribution in [0.5, 0.6) is 5.75 Å².